The van der Waals surface area contributed by atoms with Gasteiger partial charge in [0.15, 0.2) is 0 Å². The molecule has 1 saturated heterocycles. The van der Waals surface area contributed by atoms with Gasteiger partial charge in [0, 0.05) is 37.9 Å². The largest absolute Gasteiger partial charge is 0.556 e. The van der Waals surface area contributed by atoms with E-state index < -0.39 is 6.75 Å². The van der Waals surface area contributed by atoms with Crippen LogP contribution < -0.4 is 5.46 Å². The molecule has 0 aliphatic carbocycles. The van der Waals surface area contributed by atoms with E-state index in [1.54, 1.807) is 0 Å². The van der Waals surface area contributed by atoms with Crippen LogP contribution in [0.2, 0.25) is 0 Å². The van der Waals surface area contributed by atoms with Crippen LogP contribution in [0.25, 0.3) is 0 Å². The molecule has 0 aromatic carbocycles. The Hall–Kier alpha value is -0.288. The van der Waals surface area contributed by atoms with E-state index in [1.165, 1.54) is 17.1 Å². The second kappa shape index (κ2) is 5.36. The van der Waals surface area contributed by atoms with Gasteiger partial charge in [-0.15, -0.1) is 0 Å². The summed E-state index contributed by atoms with van der Waals surface area (Å²) in [6, 6.07) is 0. The van der Waals surface area contributed by atoms with E-state index in [-0.39, 0.29) is 30.6 Å². The van der Waals surface area contributed by atoms with Crippen molar-refractivity contribution in [2.45, 2.75) is 25.5 Å². The van der Waals surface area contributed by atoms with Crippen molar-refractivity contribution in [1.29, 1.82) is 0 Å². The zero-order chi connectivity index (χ0) is 10.9. The molecule has 2 rings (SSSR count). The Labute approximate surface area is 105 Å². The van der Waals surface area contributed by atoms with Gasteiger partial charge >= 0.3 is 6.75 Å². The minimum Gasteiger partial charge on any atom is -0.556 e. The molecule has 6 nitrogen and oxygen atoms in total. The van der Waals surface area contributed by atoms with E-state index in [9.17, 15) is 0 Å². The molecule has 0 saturated carbocycles. The summed E-state index contributed by atoms with van der Waals surface area (Å²) in [5.74, 6) is 0. The molecule has 8 heteroatoms. The van der Waals surface area contributed by atoms with Gasteiger partial charge in [-0.25, -0.2) is 4.68 Å². The Morgan fingerprint density at radius 2 is 2.12 bits per heavy atom. The van der Waals surface area contributed by atoms with E-state index >= 15 is 0 Å². The Bertz CT molecular complexity index is 335. The fourth-order valence-corrected chi connectivity index (χ4v) is 1.64. The molecule has 1 aromatic heterocycles. The van der Waals surface area contributed by atoms with Gasteiger partial charge in [-0.3, -0.25) is 0 Å². The zero-order valence-electron chi connectivity index (χ0n) is 9.28. The van der Waals surface area contributed by atoms with Crippen LogP contribution >= 0.6 is 0 Å². The van der Waals surface area contributed by atoms with Crippen molar-refractivity contribution in [3.63, 3.8) is 0 Å². The van der Waals surface area contributed by atoms with E-state index in [2.05, 4.69) is 5.10 Å². The molecule has 1 aliphatic heterocycles. The topological polar surface area (TPSA) is 87.7 Å². The molecule has 0 spiro atoms. The summed E-state index contributed by atoms with van der Waals surface area (Å²) in [5.41, 5.74) is 0.00386. The predicted octanol–water partition coefficient (Wildman–Crippen LogP) is -1.68. The summed E-state index contributed by atoms with van der Waals surface area (Å²) in [5, 5.41) is 30.9. The van der Waals surface area contributed by atoms with Crippen molar-refractivity contribution >= 4 is 31.1 Å². The number of aromatic nitrogens is 2. The molecule has 16 heavy (non-hydrogen) atoms. The molecule has 1 atom stereocenters. The molecule has 1 aliphatic rings. The summed E-state index contributed by atoms with van der Waals surface area (Å²) in [6.07, 6.45) is 5.43. The summed E-state index contributed by atoms with van der Waals surface area (Å²) in [6.45, 7) is -2.76. The average molecular weight is 220 g/mol. The van der Waals surface area contributed by atoms with Crippen LogP contribution in [-0.4, -0.2) is 57.1 Å². The molecule has 85 valence electrons. The molecular formula is C8H14BLiN2O4-. The van der Waals surface area contributed by atoms with Crippen molar-refractivity contribution in [2.24, 2.45) is 0 Å². The molecule has 1 unspecified atom stereocenters. The molecule has 3 N–H and O–H groups in total. The number of hydrogen-bond acceptors (Lipinski definition) is 5. The van der Waals surface area contributed by atoms with Crippen molar-refractivity contribution in [2.75, 3.05) is 6.61 Å². The first-order chi connectivity index (χ1) is 7.07. The Morgan fingerprint density at radius 3 is 2.62 bits per heavy atom. The third kappa shape index (κ3) is 3.11. The quantitative estimate of drug-likeness (QED) is 0.518. The van der Waals surface area contributed by atoms with Crippen molar-refractivity contribution < 1.29 is 19.8 Å². The molecule has 0 amide bonds. The average Bonchev–Trinajstić information content (AvgIpc) is 2.67. The molecule has 1 fully saturated rings. The monoisotopic (exact) mass is 220 g/mol. The number of hydrogen-bond donors (Lipinski definition) is 3. The van der Waals surface area contributed by atoms with Gasteiger partial charge in [-0.1, -0.05) is 5.46 Å². The normalized spacial score (nSPS) is 21.6. The fourth-order valence-electron chi connectivity index (χ4n) is 1.64. The maximum absolute atomic E-state index is 8.98. The fraction of sp³-hybridized carbons (Fsp3) is 0.625. The van der Waals surface area contributed by atoms with Crippen molar-refractivity contribution in [1.82, 2.24) is 9.78 Å². The third-order valence-corrected chi connectivity index (χ3v) is 2.52. The van der Waals surface area contributed by atoms with E-state index in [4.69, 9.17) is 19.8 Å². The predicted molar refractivity (Wildman–Crippen MR) is 58.9 cm³/mol. The Kier molecular flexibility index (Phi) is 4.62. The van der Waals surface area contributed by atoms with Gasteiger partial charge < -0.3 is 19.8 Å². The van der Waals surface area contributed by atoms with Crippen LogP contribution in [0.1, 0.15) is 25.5 Å². The summed E-state index contributed by atoms with van der Waals surface area (Å²) < 4.78 is 6.96. The first-order valence-electron chi connectivity index (χ1n) is 5.05. The number of ether oxygens (including phenoxy) is 1. The van der Waals surface area contributed by atoms with Crippen molar-refractivity contribution in [3.8, 4) is 0 Å². The second-order valence-corrected chi connectivity index (χ2v) is 3.81. The van der Waals surface area contributed by atoms with E-state index in [0.29, 0.717) is 6.61 Å². The third-order valence-electron chi connectivity index (χ3n) is 2.52. The number of rotatable bonds is 2. The Morgan fingerprint density at radius 1 is 1.38 bits per heavy atom. The van der Waals surface area contributed by atoms with Crippen molar-refractivity contribution in [3.05, 3.63) is 12.4 Å². The standard InChI is InChI=1S/C8H14BN2O4.Li/c12-9(13,14)7-5-10-11(6-7)8-3-1-2-4-15-8;/h5-6,8,12-14H,1-4H2;/q-1;. The number of nitrogens with zero attached hydrogens (tertiary/aromatic N) is 2. The first kappa shape index (κ1) is 13.8. The maximum Gasteiger partial charge on any atom is 0.405 e. The van der Waals surface area contributed by atoms with Gasteiger partial charge in [-0.05, 0) is 19.3 Å². The first-order valence-corrected chi connectivity index (χ1v) is 5.05. The van der Waals surface area contributed by atoms with Crippen LogP contribution in [0.5, 0.6) is 0 Å². The minimum absolute atomic E-state index is 0. The summed E-state index contributed by atoms with van der Waals surface area (Å²) in [4.78, 5) is 0. The van der Waals surface area contributed by atoms with Crippen LogP contribution in [0.15, 0.2) is 12.4 Å². The van der Waals surface area contributed by atoms with Gasteiger partial charge in [0.1, 0.15) is 6.23 Å². The van der Waals surface area contributed by atoms with E-state index in [0.717, 1.165) is 19.3 Å². The zero-order valence-corrected chi connectivity index (χ0v) is 9.28. The van der Waals surface area contributed by atoms with Crippen LogP contribution in [0.3, 0.4) is 0 Å². The molecule has 1 radical (unpaired) electrons. The van der Waals surface area contributed by atoms with Crippen LogP contribution in [-0.2, 0) is 4.74 Å². The SMILES string of the molecule is O[B-](O)(O)c1cnn(C2CCCCO2)c1.[Li]. The van der Waals surface area contributed by atoms with Gasteiger partial charge in [0.2, 0.25) is 0 Å². The maximum atomic E-state index is 8.98. The second-order valence-electron chi connectivity index (χ2n) is 3.81. The van der Waals surface area contributed by atoms with E-state index in [1.807, 2.05) is 0 Å². The van der Waals surface area contributed by atoms with Gasteiger partial charge in [0.05, 0.1) is 0 Å². The summed E-state index contributed by atoms with van der Waals surface area (Å²) >= 11 is 0. The van der Waals surface area contributed by atoms with Gasteiger partial charge in [0.25, 0.3) is 0 Å². The smallest absolute Gasteiger partial charge is 0.405 e. The molecule has 0 bridgehead atoms. The molecule has 1 aromatic rings. The summed E-state index contributed by atoms with van der Waals surface area (Å²) in [7, 11) is 0. The Balaban J connectivity index is 0.00000128. The molecule has 2 heterocycles. The van der Waals surface area contributed by atoms with Crippen LogP contribution in [0, 0.1) is 0 Å². The molecular weight excluding hydrogens is 206 g/mol. The minimum atomic E-state index is -3.45. The van der Waals surface area contributed by atoms with Gasteiger partial charge in [-0.2, -0.15) is 5.10 Å². The van der Waals surface area contributed by atoms with Crippen LogP contribution in [0.4, 0.5) is 0 Å².